The van der Waals surface area contributed by atoms with Crippen LogP contribution in [0.15, 0.2) is 39.3 Å². The molecule has 4 N–H and O–H groups in total. The maximum atomic E-state index is 12.6. The van der Waals surface area contributed by atoms with Crippen LogP contribution in [-0.2, 0) is 0 Å². The molecule has 8 heteroatoms. The van der Waals surface area contributed by atoms with Gasteiger partial charge in [-0.2, -0.15) is 0 Å². The maximum Gasteiger partial charge on any atom is 0.335 e. The van der Waals surface area contributed by atoms with Crippen molar-refractivity contribution >= 4 is 6.03 Å². The molecule has 1 aromatic heterocycles. The van der Waals surface area contributed by atoms with Gasteiger partial charge < -0.3 is 25.3 Å². The third kappa shape index (κ3) is 4.56. The molecule has 8 atom stereocenters. The summed E-state index contributed by atoms with van der Waals surface area (Å²) in [6.45, 7) is 7.60. The number of fused-ring (bicyclic) bond motifs is 5. The lowest BCUT2D eigenvalue weighted by molar-refractivity contribution is -0.177. The van der Waals surface area contributed by atoms with Crippen LogP contribution in [0, 0.1) is 22.7 Å². The second-order valence-electron chi connectivity index (χ2n) is 13.5. The van der Waals surface area contributed by atoms with Crippen LogP contribution in [0.25, 0.3) is 0 Å². The van der Waals surface area contributed by atoms with Crippen molar-refractivity contribution in [3.05, 3.63) is 46.0 Å². The molecule has 0 spiro atoms. The fourth-order valence-corrected chi connectivity index (χ4v) is 9.48. The lowest BCUT2D eigenvalue weighted by Gasteiger charge is -2.62. The SMILES string of the molecule is C[C@]12CC[C@H](NC(=O)NCCN3CCC(O)C3)C=C1CC[C@@H]1[C@@H]2CC[C@]2(C)[C@@H](c3ccc(=O)oc3)CC[C@]12O. The van der Waals surface area contributed by atoms with E-state index in [0.717, 1.165) is 76.4 Å². The van der Waals surface area contributed by atoms with E-state index in [4.69, 9.17) is 4.42 Å². The Morgan fingerprint density at radius 2 is 1.95 bits per heavy atom. The van der Waals surface area contributed by atoms with Gasteiger partial charge in [-0.25, -0.2) is 9.59 Å². The van der Waals surface area contributed by atoms with Gasteiger partial charge in [-0.3, -0.25) is 4.90 Å². The van der Waals surface area contributed by atoms with Crippen molar-refractivity contribution in [3.8, 4) is 0 Å². The number of likely N-dealkylation sites (tertiary alicyclic amines) is 1. The van der Waals surface area contributed by atoms with Crippen molar-refractivity contribution in [3.63, 3.8) is 0 Å². The summed E-state index contributed by atoms with van der Waals surface area (Å²) in [6.07, 6.45) is 12.2. The number of aliphatic hydroxyl groups excluding tert-OH is 1. The minimum absolute atomic E-state index is 0.0405. The van der Waals surface area contributed by atoms with Gasteiger partial charge in [0, 0.05) is 43.7 Å². The predicted octanol–water partition coefficient (Wildman–Crippen LogP) is 3.54. The third-order valence-electron chi connectivity index (χ3n) is 11.7. The molecule has 2 heterocycles. The smallest absolute Gasteiger partial charge is 0.335 e. The Hall–Kier alpha value is -2.16. The number of urea groups is 1. The zero-order valence-corrected chi connectivity index (χ0v) is 23.5. The Balaban J connectivity index is 1.11. The van der Waals surface area contributed by atoms with Crippen LogP contribution in [0.2, 0.25) is 0 Å². The highest BCUT2D eigenvalue weighted by atomic mass is 16.4. The van der Waals surface area contributed by atoms with Gasteiger partial charge in [0.1, 0.15) is 0 Å². The third-order valence-corrected chi connectivity index (χ3v) is 11.7. The first-order valence-corrected chi connectivity index (χ1v) is 15.1. The predicted molar refractivity (Wildman–Crippen MR) is 148 cm³/mol. The van der Waals surface area contributed by atoms with E-state index in [-0.39, 0.29) is 46.5 Å². The minimum Gasteiger partial charge on any atom is -0.431 e. The summed E-state index contributed by atoms with van der Waals surface area (Å²) in [7, 11) is 0. The normalized spacial score (nSPS) is 41.7. The highest BCUT2D eigenvalue weighted by Gasteiger charge is 2.66. The van der Waals surface area contributed by atoms with Gasteiger partial charge in [0.05, 0.1) is 18.0 Å². The monoisotopic (exact) mass is 539 g/mol. The quantitative estimate of drug-likeness (QED) is 0.426. The molecule has 2 amide bonds. The molecule has 4 aliphatic carbocycles. The summed E-state index contributed by atoms with van der Waals surface area (Å²) in [5, 5.41) is 28.3. The molecule has 0 radical (unpaired) electrons. The average Bonchev–Trinajstić information content (AvgIpc) is 3.44. The Bertz CT molecular complexity index is 1160. The molecule has 0 aromatic carbocycles. The molecule has 6 rings (SSSR count). The lowest BCUT2D eigenvalue weighted by atomic mass is 9.45. The summed E-state index contributed by atoms with van der Waals surface area (Å²) < 4.78 is 5.22. The molecule has 0 bridgehead atoms. The molecule has 8 nitrogen and oxygen atoms in total. The van der Waals surface area contributed by atoms with Gasteiger partial charge in [0.15, 0.2) is 0 Å². The van der Waals surface area contributed by atoms with E-state index < -0.39 is 5.60 Å². The van der Waals surface area contributed by atoms with E-state index in [9.17, 15) is 19.8 Å². The van der Waals surface area contributed by atoms with Crippen molar-refractivity contribution in [1.29, 1.82) is 0 Å². The Kier molecular flexibility index (Phi) is 6.96. The van der Waals surface area contributed by atoms with E-state index in [1.165, 1.54) is 11.6 Å². The molecule has 214 valence electrons. The number of aliphatic hydroxyl groups is 2. The van der Waals surface area contributed by atoms with Gasteiger partial charge in [0.25, 0.3) is 0 Å². The Morgan fingerprint density at radius 1 is 1.10 bits per heavy atom. The van der Waals surface area contributed by atoms with E-state index in [1.54, 1.807) is 6.26 Å². The number of allylic oxidation sites excluding steroid dienone is 1. The number of carbonyl (C=O) groups is 1. The van der Waals surface area contributed by atoms with Crippen LogP contribution in [0.4, 0.5) is 4.79 Å². The summed E-state index contributed by atoms with van der Waals surface area (Å²) >= 11 is 0. The maximum absolute atomic E-state index is 12.6. The number of amides is 2. The molecule has 1 aromatic rings. The molecule has 1 unspecified atom stereocenters. The fourth-order valence-electron chi connectivity index (χ4n) is 9.48. The van der Waals surface area contributed by atoms with Gasteiger partial charge in [0.2, 0.25) is 0 Å². The van der Waals surface area contributed by atoms with E-state index in [1.807, 2.05) is 6.07 Å². The van der Waals surface area contributed by atoms with Gasteiger partial charge in [-0.15, -0.1) is 0 Å². The first kappa shape index (κ1) is 27.0. The molecular formula is C31H45N3O5. The molecule has 1 aliphatic heterocycles. The second kappa shape index (κ2) is 10.0. The van der Waals surface area contributed by atoms with Crippen molar-refractivity contribution in [2.45, 2.75) is 95.3 Å². The van der Waals surface area contributed by atoms with Crippen LogP contribution in [0.5, 0.6) is 0 Å². The summed E-state index contributed by atoms with van der Waals surface area (Å²) in [4.78, 5) is 26.3. The zero-order chi connectivity index (χ0) is 27.4. The van der Waals surface area contributed by atoms with Crippen LogP contribution < -0.4 is 16.3 Å². The summed E-state index contributed by atoms with van der Waals surface area (Å²) in [6, 6.07) is 3.32. The second-order valence-corrected chi connectivity index (χ2v) is 13.5. The zero-order valence-electron chi connectivity index (χ0n) is 23.5. The summed E-state index contributed by atoms with van der Waals surface area (Å²) in [5.41, 5.74) is 1.28. The van der Waals surface area contributed by atoms with E-state index in [0.29, 0.717) is 19.0 Å². The van der Waals surface area contributed by atoms with Crippen molar-refractivity contribution in [1.82, 2.24) is 15.5 Å². The van der Waals surface area contributed by atoms with Crippen LogP contribution in [0.3, 0.4) is 0 Å². The fraction of sp³-hybridized carbons (Fsp3) is 0.742. The standard InChI is InChI=1S/C31H45N3O5/c1-29-11-7-22(33-28(37)32-14-16-34-15-10-23(35)18-34)17-21(29)4-5-26-25(29)8-12-30(2)24(9-13-31(26,30)38)20-3-6-27(36)39-19-20/h3,6,17,19,22-26,35,38H,4-5,7-16,18H2,1-2H3,(H2,32,33,37)/t22-,23?,24+,25-,26+,29-,30+,31-/m0/s1. The molecule has 39 heavy (non-hydrogen) atoms. The molecular weight excluding hydrogens is 494 g/mol. The number of carbonyl (C=O) groups excluding carboxylic acids is 1. The number of hydrogen-bond donors (Lipinski definition) is 4. The minimum atomic E-state index is -0.717. The molecule has 1 saturated heterocycles. The van der Waals surface area contributed by atoms with Gasteiger partial charge in [-0.05, 0) is 92.6 Å². The highest BCUT2D eigenvalue weighted by molar-refractivity contribution is 5.74. The first-order chi connectivity index (χ1) is 18.6. The number of rotatable bonds is 5. The van der Waals surface area contributed by atoms with Crippen LogP contribution >= 0.6 is 0 Å². The van der Waals surface area contributed by atoms with Crippen molar-refractivity contribution < 1.29 is 19.4 Å². The lowest BCUT2D eigenvalue weighted by Crippen LogP contribution is -2.60. The topological polar surface area (TPSA) is 115 Å². The average molecular weight is 540 g/mol. The molecule has 4 fully saturated rings. The highest BCUT2D eigenvalue weighted by Crippen LogP contribution is 2.70. The van der Waals surface area contributed by atoms with Crippen LogP contribution in [0.1, 0.15) is 83.1 Å². The first-order valence-electron chi connectivity index (χ1n) is 15.1. The van der Waals surface area contributed by atoms with Gasteiger partial charge in [-0.1, -0.05) is 25.5 Å². The van der Waals surface area contributed by atoms with Gasteiger partial charge >= 0.3 is 11.7 Å². The number of nitrogens with zero attached hydrogens (tertiary/aromatic N) is 1. The van der Waals surface area contributed by atoms with Crippen LogP contribution in [-0.4, -0.2) is 65.1 Å². The number of β-amino-alcohol motifs (C(OH)–C–C–N with tert-alkyl or cyclic N) is 1. The van der Waals surface area contributed by atoms with E-state index in [2.05, 4.69) is 35.5 Å². The Labute approximate surface area is 231 Å². The number of nitrogens with one attached hydrogen (secondary N) is 2. The molecule has 5 aliphatic rings. The number of hydrogen-bond acceptors (Lipinski definition) is 6. The van der Waals surface area contributed by atoms with E-state index >= 15 is 0 Å². The Morgan fingerprint density at radius 3 is 2.69 bits per heavy atom. The molecule has 3 saturated carbocycles. The largest absolute Gasteiger partial charge is 0.431 e. The summed E-state index contributed by atoms with van der Waals surface area (Å²) in [5.74, 6) is 0.899. The van der Waals surface area contributed by atoms with Crippen molar-refractivity contribution in [2.24, 2.45) is 22.7 Å². The van der Waals surface area contributed by atoms with Crippen molar-refractivity contribution in [2.75, 3.05) is 26.2 Å².